The highest BCUT2D eigenvalue weighted by molar-refractivity contribution is 6.30. The molecule has 20 heavy (non-hydrogen) atoms. The van der Waals surface area contributed by atoms with Crippen molar-refractivity contribution in [1.82, 2.24) is 10.6 Å². The monoisotopic (exact) mass is 299 g/mol. The van der Waals surface area contributed by atoms with Crippen LogP contribution in [0.25, 0.3) is 0 Å². The third-order valence-electron chi connectivity index (χ3n) is 2.31. The molecule has 0 spiro atoms. The van der Waals surface area contributed by atoms with Crippen molar-refractivity contribution in [2.45, 2.75) is 0 Å². The average Bonchev–Trinajstić information content (AvgIpc) is 2.39. The molecule has 0 aromatic heterocycles. The third kappa shape index (κ3) is 7.08. The Hall–Kier alpha value is -1.63. The Kier molecular flexibility index (Phi) is 7.64. The van der Waals surface area contributed by atoms with Crippen LogP contribution in [0.5, 0.6) is 0 Å². The molecule has 6 nitrogen and oxygen atoms in total. The van der Waals surface area contributed by atoms with E-state index >= 15 is 0 Å². The van der Waals surface area contributed by atoms with Gasteiger partial charge in [0.1, 0.15) is 0 Å². The first-order chi connectivity index (χ1) is 9.61. The molecule has 0 radical (unpaired) electrons. The topological polar surface area (TPSA) is 79.5 Å². The summed E-state index contributed by atoms with van der Waals surface area (Å²) in [6.07, 6.45) is 0. The van der Waals surface area contributed by atoms with Crippen molar-refractivity contribution in [3.63, 3.8) is 0 Å². The van der Waals surface area contributed by atoms with Crippen molar-refractivity contribution < 1.29 is 14.3 Å². The number of halogens is 1. The van der Waals surface area contributed by atoms with Gasteiger partial charge < -0.3 is 15.4 Å². The summed E-state index contributed by atoms with van der Waals surface area (Å²) < 4.78 is 4.80. The molecule has 110 valence electrons. The van der Waals surface area contributed by atoms with Crippen LogP contribution in [0.2, 0.25) is 5.02 Å². The minimum absolute atomic E-state index is 0.0458. The van der Waals surface area contributed by atoms with Gasteiger partial charge in [-0.2, -0.15) is 0 Å². The standard InChI is InChI=1S/C13H18ClN3O3/c1-20-6-5-16-12(18)8-15-9-13(19)17-11-4-2-3-10(14)7-11/h2-4,7,15H,5-6,8-9H2,1H3,(H,16,18)(H,17,19). The second-order valence-corrected chi connectivity index (χ2v) is 4.44. The van der Waals surface area contributed by atoms with Crippen LogP contribution in [0.4, 0.5) is 5.69 Å². The van der Waals surface area contributed by atoms with Gasteiger partial charge in [0.05, 0.1) is 19.7 Å². The maximum absolute atomic E-state index is 11.6. The summed E-state index contributed by atoms with van der Waals surface area (Å²) in [5.74, 6) is -0.422. The number of ether oxygens (including phenoxy) is 1. The van der Waals surface area contributed by atoms with Gasteiger partial charge in [0.2, 0.25) is 11.8 Å². The van der Waals surface area contributed by atoms with Gasteiger partial charge in [-0.15, -0.1) is 0 Å². The molecular formula is C13H18ClN3O3. The molecule has 0 aliphatic rings. The maximum atomic E-state index is 11.6. The minimum atomic E-state index is -0.239. The predicted molar refractivity (Wildman–Crippen MR) is 77.8 cm³/mol. The molecule has 0 saturated carbocycles. The smallest absolute Gasteiger partial charge is 0.238 e. The Labute approximate surface area is 122 Å². The summed E-state index contributed by atoms with van der Waals surface area (Å²) in [6, 6.07) is 6.85. The molecule has 0 atom stereocenters. The van der Waals surface area contributed by atoms with Crippen molar-refractivity contribution in [2.24, 2.45) is 0 Å². The number of carbonyl (C=O) groups excluding carboxylic acids is 2. The minimum Gasteiger partial charge on any atom is -0.383 e. The highest BCUT2D eigenvalue weighted by Gasteiger charge is 2.04. The van der Waals surface area contributed by atoms with Crippen molar-refractivity contribution in [1.29, 1.82) is 0 Å². The summed E-state index contributed by atoms with van der Waals surface area (Å²) in [5.41, 5.74) is 0.619. The quantitative estimate of drug-likeness (QED) is 0.615. The van der Waals surface area contributed by atoms with Crippen molar-refractivity contribution in [3.8, 4) is 0 Å². The first-order valence-corrected chi connectivity index (χ1v) is 6.51. The first kappa shape index (κ1) is 16.4. The van der Waals surface area contributed by atoms with Gasteiger partial charge in [-0.3, -0.25) is 14.9 Å². The van der Waals surface area contributed by atoms with Crippen LogP contribution < -0.4 is 16.0 Å². The Morgan fingerprint density at radius 1 is 1.25 bits per heavy atom. The zero-order valence-corrected chi connectivity index (χ0v) is 12.0. The lowest BCUT2D eigenvalue weighted by Gasteiger charge is -2.07. The van der Waals surface area contributed by atoms with E-state index in [0.29, 0.717) is 23.9 Å². The SMILES string of the molecule is COCCNC(=O)CNCC(=O)Nc1cccc(Cl)c1. The lowest BCUT2D eigenvalue weighted by atomic mass is 10.3. The summed E-state index contributed by atoms with van der Waals surface area (Å²) in [5, 5.41) is 8.61. The zero-order chi connectivity index (χ0) is 14.8. The summed E-state index contributed by atoms with van der Waals surface area (Å²) in [4.78, 5) is 22.9. The van der Waals surface area contributed by atoms with Gasteiger partial charge in [-0.25, -0.2) is 0 Å². The van der Waals surface area contributed by atoms with Gasteiger partial charge in [0.15, 0.2) is 0 Å². The van der Waals surface area contributed by atoms with E-state index in [1.165, 1.54) is 0 Å². The van der Waals surface area contributed by atoms with E-state index in [4.69, 9.17) is 16.3 Å². The van der Waals surface area contributed by atoms with E-state index < -0.39 is 0 Å². The molecule has 2 amide bonds. The predicted octanol–water partition coefficient (Wildman–Crippen LogP) is 0.631. The molecule has 0 aliphatic heterocycles. The second-order valence-electron chi connectivity index (χ2n) is 4.00. The number of rotatable bonds is 8. The third-order valence-corrected chi connectivity index (χ3v) is 2.54. The van der Waals surface area contributed by atoms with Crippen LogP contribution in [0.3, 0.4) is 0 Å². The van der Waals surface area contributed by atoms with E-state index in [0.717, 1.165) is 0 Å². The van der Waals surface area contributed by atoms with Gasteiger partial charge in [-0.1, -0.05) is 17.7 Å². The molecule has 0 aliphatic carbocycles. The van der Waals surface area contributed by atoms with Crippen LogP contribution in [-0.2, 0) is 14.3 Å². The second kappa shape index (κ2) is 9.30. The van der Waals surface area contributed by atoms with E-state index in [1.807, 2.05) is 0 Å². The number of hydrogen-bond acceptors (Lipinski definition) is 4. The van der Waals surface area contributed by atoms with Crippen LogP contribution in [0, 0.1) is 0 Å². The zero-order valence-electron chi connectivity index (χ0n) is 11.2. The molecule has 1 aromatic carbocycles. The van der Waals surface area contributed by atoms with Crippen LogP contribution >= 0.6 is 11.6 Å². The lowest BCUT2D eigenvalue weighted by molar-refractivity contribution is -0.120. The fourth-order valence-electron chi connectivity index (χ4n) is 1.42. The average molecular weight is 300 g/mol. The fourth-order valence-corrected chi connectivity index (χ4v) is 1.61. The van der Waals surface area contributed by atoms with Crippen LogP contribution in [0.15, 0.2) is 24.3 Å². The molecular weight excluding hydrogens is 282 g/mol. The molecule has 1 rings (SSSR count). The number of benzene rings is 1. The van der Waals surface area contributed by atoms with E-state index in [9.17, 15) is 9.59 Å². The highest BCUT2D eigenvalue weighted by atomic mass is 35.5. The number of hydrogen-bond donors (Lipinski definition) is 3. The summed E-state index contributed by atoms with van der Waals surface area (Å²) >= 11 is 5.80. The van der Waals surface area contributed by atoms with Crippen molar-refractivity contribution in [2.75, 3.05) is 38.7 Å². The molecule has 3 N–H and O–H groups in total. The highest BCUT2D eigenvalue weighted by Crippen LogP contribution is 2.14. The van der Waals surface area contributed by atoms with Crippen LogP contribution in [-0.4, -0.2) is 45.2 Å². The van der Waals surface area contributed by atoms with Gasteiger partial charge in [0, 0.05) is 24.4 Å². The van der Waals surface area contributed by atoms with Crippen LogP contribution in [0.1, 0.15) is 0 Å². The molecule has 0 heterocycles. The largest absolute Gasteiger partial charge is 0.383 e. The number of methoxy groups -OCH3 is 1. The van der Waals surface area contributed by atoms with Crippen molar-refractivity contribution >= 4 is 29.1 Å². The number of amides is 2. The molecule has 7 heteroatoms. The van der Waals surface area contributed by atoms with E-state index in [-0.39, 0.29) is 24.9 Å². The molecule has 0 saturated heterocycles. The fraction of sp³-hybridized carbons (Fsp3) is 0.385. The first-order valence-electron chi connectivity index (χ1n) is 6.13. The Balaban J connectivity index is 2.18. The normalized spacial score (nSPS) is 10.1. The van der Waals surface area contributed by atoms with E-state index in [2.05, 4.69) is 16.0 Å². The Morgan fingerprint density at radius 2 is 2.00 bits per heavy atom. The number of nitrogens with one attached hydrogen (secondary N) is 3. The van der Waals surface area contributed by atoms with Gasteiger partial charge in [-0.05, 0) is 18.2 Å². The Bertz CT molecular complexity index is 454. The molecule has 0 fully saturated rings. The molecule has 0 bridgehead atoms. The molecule has 0 unspecified atom stereocenters. The summed E-state index contributed by atoms with van der Waals surface area (Å²) in [6.45, 7) is 1.03. The van der Waals surface area contributed by atoms with Crippen molar-refractivity contribution in [3.05, 3.63) is 29.3 Å². The van der Waals surface area contributed by atoms with Gasteiger partial charge in [0.25, 0.3) is 0 Å². The maximum Gasteiger partial charge on any atom is 0.238 e. The van der Waals surface area contributed by atoms with E-state index in [1.54, 1.807) is 31.4 Å². The molecule has 1 aromatic rings. The Morgan fingerprint density at radius 3 is 2.70 bits per heavy atom. The summed E-state index contributed by atoms with van der Waals surface area (Å²) in [7, 11) is 1.56. The lowest BCUT2D eigenvalue weighted by Crippen LogP contribution is -2.38. The number of anilines is 1. The van der Waals surface area contributed by atoms with Gasteiger partial charge >= 0.3 is 0 Å². The number of carbonyl (C=O) groups is 2.